The second kappa shape index (κ2) is 8.54. The Bertz CT molecular complexity index is 1270. The van der Waals surface area contributed by atoms with E-state index in [1.54, 1.807) is 25.1 Å². The second-order valence-corrected chi connectivity index (χ2v) is 8.89. The van der Waals surface area contributed by atoms with E-state index in [1.165, 1.54) is 29.6 Å². The molecule has 4 rings (SSSR count). The van der Waals surface area contributed by atoms with Gasteiger partial charge in [0.05, 0.1) is 25.9 Å². The number of ether oxygens (including phenoxy) is 3. The number of nitrogens with zero attached hydrogens (tertiary/aromatic N) is 2. The molecule has 0 spiro atoms. The number of esters is 1. The third-order valence-corrected chi connectivity index (χ3v) is 6.78. The average molecular weight is 458 g/mol. The lowest BCUT2D eigenvalue weighted by molar-refractivity contribution is 0.0514. The summed E-state index contributed by atoms with van der Waals surface area (Å²) in [5, 5.41) is 3.72. The highest BCUT2D eigenvalue weighted by atomic mass is 32.2. The van der Waals surface area contributed by atoms with E-state index in [1.807, 2.05) is 13.0 Å². The molecule has 0 fully saturated rings. The van der Waals surface area contributed by atoms with Crippen LogP contribution >= 0.6 is 0 Å². The van der Waals surface area contributed by atoms with Gasteiger partial charge in [0.1, 0.15) is 23.0 Å². The molecule has 32 heavy (non-hydrogen) atoms. The fourth-order valence-corrected chi connectivity index (χ4v) is 5.05. The number of sulfonamides is 1. The number of aryl methyl sites for hydroxylation is 1. The Morgan fingerprint density at radius 2 is 2.00 bits per heavy atom. The predicted octanol–water partition coefficient (Wildman–Crippen LogP) is 3.42. The van der Waals surface area contributed by atoms with Crippen LogP contribution in [0.2, 0.25) is 0 Å². The summed E-state index contributed by atoms with van der Waals surface area (Å²) < 4.78 is 49.8. The molecule has 0 aliphatic carbocycles. The Labute approximate surface area is 185 Å². The van der Waals surface area contributed by atoms with Crippen molar-refractivity contribution < 1.29 is 31.9 Å². The lowest BCUT2D eigenvalue weighted by atomic mass is 10.1. The van der Waals surface area contributed by atoms with Gasteiger partial charge in [-0.05, 0) is 49.7 Å². The monoisotopic (exact) mass is 458 g/mol. The van der Waals surface area contributed by atoms with Gasteiger partial charge in [0.25, 0.3) is 10.0 Å². The van der Waals surface area contributed by atoms with Crippen molar-refractivity contribution >= 4 is 21.7 Å². The second-order valence-electron chi connectivity index (χ2n) is 7.06. The van der Waals surface area contributed by atoms with Crippen molar-refractivity contribution in [3.05, 3.63) is 53.7 Å². The summed E-state index contributed by atoms with van der Waals surface area (Å²) in [6.45, 7) is 4.15. The molecular formula is C22H22N2O7S. The minimum absolute atomic E-state index is 0.000318. The molecule has 3 aromatic rings. The summed E-state index contributed by atoms with van der Waals surface area (Å²) in [4.78, 5) is 11.8. The topological polar surface area (TPSA) is 108 Å². The van der Waals surface area contributed by atoms with Gasteiger partial charge in [-0.3, -0.25) is 4.31 Å². The van der Waals surface area contributed by atoms with E-state index in [4.69, 9.17) is 18.7 Å². The summed E-state index contributed by atoms with van der Waals surface area (Å²) in [5.74, 6) is 0.281. The van der Waals surface area contributed by atoms with Crippen LogP contribution in [0, 0.1) is 6.92 Å². The Kier molecular flexibility index (Phi) is 5.79. The van der Waals surface area contributed by atoms with Gasteiger partial charge in [-0.1, -0.05) is 11.2 Å². The van der Waals surface area contributed by atoms with E-state index in [9.17, 15) is 13.2 Å². The number of methoxy groups -OCH3 is 1. The summed E-state index contributed by atoms with van der Waals surface area (Å²) >= 11 is 0. The number of hydrogen-bond donors (Lipinski definition) is 0. The van der Waals surface area contributed by atoms with Gasteiger partial charge in [-0.2, -0.15) is 0 Å². The number of carbonyl (C=O) groups excluding carboxylic acids is 1. The maximum atomic E-state index is 13.7. The quantitative estimate of drug-likeness (QED) is 0.517. The van der Waals surface area contributed by atoms with Crippen LogP contribution in [0.4, 0.5) is 5.69 Å². The third-order valence-electron chi connectivity index (χ3n) is 4.95. The maximum Gasteiger partial charge on any atom is 0.360 e. The van der Waals surface area contributed by atoms with E-state index in [0.717, 1.165) is 5.56 Å². The summed E-state index contributed by atoms with van der Waals surface area (Å²) in [7, 11) is -2.61. The molecule has 0 N–H and O–H groups in total. The minimum Gasteiger partial charge on any atom is -0.495 e. The zero-order valence-electron chi connectivity index (χ0n) is 17.8. The molecule has 2 heterocycles. The lowest BCUT2D eigenvalue weighted by Gasteiger charge is -2.31. The lowest BCUT2D eigenvalue weighted by Crippen LogP contribution is -2.38. The Morgan fingerprint density at radius 3 is 2.75 bits per heavy atom. The van der Waals surface area contributed by atoms with Crippen LogP contribution in [-0.2, 0) is 14.8 Å². The molecule has 1 aliphatic heterocycles. The minimum atomic E-state index is -4.01. The standard InChI is InChI=1S/C22H22N2O7S/c1-4-29-22(25)16-13-20(31-23-16)15-6-8-19(28-3)21(12-15)32(26,27)24-9-10-30-18-7-5-14(2)11-17(18)24/h5-8,11-13H,4,9-10H2,1-3H3. The van der Waals surface area contributed by atoms with Crippen LogP contribution in [0.5, 0.6) is 11.5 Å². The van der Waals surface area contributed by atoms with Gasteiger partial charge in [-0.25, -0.2) is 13.2 Å². The number of fused-ring (bicyclic) bond motifs is 1. The van der Waals surface area contributed by atoms with Gasteiger partial charge in [-0.15, -0.1) is 0 Å². The van der Waals surface area contributed by atoms with Crippen molar-refractivity contribution in [3.8, 4) is 22.8 Å². The van der Waals surface area contributed by atoms with Crippen molar-refractivity contribution in [1.82, 2.24) is 5.16 Å². The van der Waals surface area contributed by atoms with Gasteiger partial charge in [0.15, 0.2) is 11.5 Å². The third kappa shape index (κ3) is 3.89. The smallest absolute Gasteiger partial charge is 0.360 e. The van der Waals surface area contributed by atoms with Crippen molar-refractivity contribution in [2.24, 2.45) is 0 Å². The average Bonchev–Trinajstić information content (AvgIpc) is 3.29. The highest BCUT2D eigenvalue weighted by Crippen LogP contribution is 2.39. The molecule has 0 bridgehead atoms. The van der Waals surface area contributed by atoms with Gasteiger partial charge < -0.3 is 18.7 Å². The normalized spacial score (nSPS) is 13.3. The van der Waals surface area contributed by atoms with Crippen molar-refractivity contribution in [2.75, 3.05) is 31.2 Å². The number of anilines is 1. The van der Waals surface area contributed by atoms with E-state index < -0.39 is 16.0 Å². The highest BCUT2D eigenvalue weighted by molar-refractivity contribution is 7.93. The molecule has 0 radical (unpaired) electrons. The van der Waals surface area contributed by atoms with Gasteiger partial charge >= 0.3 is 5.97 Å². The first-order valence-electron chi connectivity index (χ1n) is 9.93. The SMILES string of the molecule is CCOC(=O)c1cc(-c2ccc(OC)c(S(=O)(=O)N3CCOc4ccc(C)cc43)c2)on1. The Hall–Kier alpha value is -3.53. The van der Waals surface area contributed by atoms with E-state index in [0.29, 0.717) is 17.0 Å². The first kappa shape index (κ1) is 21.7. The van der Waals surface area contributed by atoms with Gasteiger partial charge in [0, 0.05) is 11.6 Å². The molecule has 9 nitrogen and oxygen atoms in total. The van der Waals surface area contributed by atoms with Crippen molar-refractivity contribution in [1.29, 1.82) is 0 Å². The zero-order valence-corrected chi connectivity index (χ0v) is 18.6. The molecule has 168 valence electrons. The largest absolute Gasteiger partial charge is 0.495 e. The van der Waals surface area contributed by atoms with Crippen molar-refractivity contribution in [2.45, 2.75) is 18.7 Å². The summed E-state index contributed by atoms with van der Waals surface area (Å²) in [6, 6.07) is 11.4. The van der Waals surface area contributed by atoms with E-state index >= 15 is 0 Å². The molecule has 0 saturated heterocycles. The highest BCUT2D eigenvalue weighted by Gasteiger charge is 2.33. The molecule has 0 unspecified atom stereocenters. The van der Waals surface area contributed by atoms with Gasteiger partial charge in [0.2, 0.25) is 0 Å². The molecule has 2 aromatic carbocycles. The first-order chi connectivity index (χ1) is 15.3. The first-order valence-corrected chi connectivity index (χ1v) is 11.4. The predicted molar refractivity (Wildman–Crippen MR) is 116 cm³/mol. The summed E-state index contributed by atoms with van der Waals surface area (Å²) in [6.07, 6.45) is 0. The fraction of sp³-hybridized carbons (Fsp3) is 0.273. The number of hydrogen-bond acceptors (Lipinski definition) is 8. The van der Waals surface area contributed by atoms with Crippen LogP contribution in [-0.4, -0.2) is 46.4 Å². The fourth-order valence-electron chi connectivity index (χ4n) is 3.42. The van der Waals surface area contributed by atoms with Crippen molar-refractivity contribution in [3.63, 3.8) is 0 Å². The Morgan fingerprint density at radius 1 is 1.19 bits per heavy atom. The van der Waals surface area contributed by atoms with Crippen LogP contribution in [0.1, 0.15) is 23.0 Å². The van der Waals surface area contributed by atoms with Crippen LogP contribution in [0.3, 0.4) is 0 Å². The number of rotatable bonds is 6. The van der Waals surface area contributed by atoms with Crippen LogP contribution < -0.4 is 13.8 Å². The Balaban J connectivity index is 1.77. The number of carbonyl (C=O) groups is 1. The molecule has 0 saturated carbocycles. The van der Waals surface area contributed by atoms with Crippen LogP contribution in [0.25, 0.3) is 11.3 Å². The van der Waals surface area contributed by atoms with E-state index in [-0.39, 0.29) is 41.9 Å². The number of benzene rings is 2. The zero-order chi connectivity index (χ0) is 22.9. The molecule has 0 atom stereocenters. The molecule has 0 amide bonds. The maximum absolute atomic E-state index is 13.7. The van der Waals surface area contributed by atoms with Crippen LogP contribution in [0.15, 0.2) is 51.9 Å². The summed E-state index contributed by atoms with van der Waals surface area (Å²) in [5.41, 5.74) is 1.79. The number of aromatic nitrogens is 1. The molecule has 1 aromatic heterocycles. The molecular weight excluding hydrogens is 436 g/mol. The molecule has 1 aliphatic rings. The van der Waals surface area contributed by atoms with E-state index in [2.05, 4.69) is 5.16 Å². The molecule has 10 heteroatoms.